The number of hydrogen-bond donors (Lipinski definition) is 0. The van der Waals surface area contributed by atoms with Gasteiger partial charge in [-0.3, -0.25) is 0 Å². The van der Waals surface area contributed by atoms with Crippen LogP contribution in [0.5, 0.6) is 5.75 Å². The number of alkyl halides is 1. The Morgan fingerprint density at radius 3 is 2.50 bits per heavy atom. The third kappa shape index (κ3) is 4.68. The zero-order valence-electron chi connectivity index (χ0n) is 14.9. The van der Waals surface area contributed by atoms with Crippen LogP contribution in [0.25, 0.3) is 10.9 Å². The quantitative estimate of drug-likeness (QED) is 0.488. The van der Waals surface area contributed by atoms with Crippen molar-refractivity contribution >= 4 is 30.8 Å². The van der Waals surface area contributed by atoms with Gasteiger partial charge < -0.3 is 9.16 Å². The van der Waals surface area contributed by atoms with Gasteiger partial charge >= 0.3 is 0 Å². The van der Waals surface area contributed by atoms with E-state index in [0.29, 0.717) is 10.9 Å². The summed E-state index contributed by atoms with van der Waals surface area (Å²) in [6, 6.07) is 9.21. The minimum absolute atomic E-state index is 0.0318. The van der Waals surface area contributed by atoms with Gasteiger partial charge in [0.15, 0.2) is 8.32 Å². The van der Waals surface area contributed by atoms with E-state index in [0.717, 1.165) is 10.9 Å². The van der Waals surface area contributed by atoms with Crippen LogP contribution in [0.4, 0.5) is 4.39 Å². The van der Waals surface area contributed by atoms with Crippen LogP contribution < -0.4 is 4.74 Å². The summed E-state index contributed by atoms with van der Waals surface area (Å²) in [6.45, 7) is 10.2. The van der Waals surface area contributed by atoms with Crippen LogP contribution in [0, 0.1) is 0 Å². The van der Waals surface area contributed by atoms with E-state index < -0.39 is 21.1 Å². The van der Waals surface area contributed by atoms with Crippen molar-refractivity contribution < 1.29 is 13.6 Å². The molecule has 6 heteroatoms. The zero-order chi connectivity index (χ0) is 18.0. The summed E-state index contributed by atoms with van der Waals surface area (Å²) in [5.74, 6) is 0.634. The molecule has 0 fully saturated rings. The molecule has 2 aromatic rings. The molecule has 1 aromatic heterocycles. The van der Waals surface area contributed by atoms with Crippen LogP contribution >= 0.6 is 11.6 Å². The number of benzene rings is 1. The van der Waals surface area contributed by atoms with Crippen LogP contribution in [0.2, 0.25) is 23.3 Å². The number of ether oxygens (including phenoxy) is 1. The van der Waals surface area contributed by atoms with E-state index in [1.54, 1.807) is 6.07 Å². The normalized spacial score (nSPS) is 14.0. The van der Waals surface area contributed by atoms with Crippen LogP contribution in [-0.2, 0) is 4.43 Å². The topological polar surface area (TPSA) is 31.4 Å². The first-order chi connectivity index (χ1) is 11.1. The molecule has 0 aliphatic heterocycles. The highest BCUT2D eigenvalue weighted by molar-refractivity contribution is 6.74. The number of rotatable bonds is 6. The van der Waals surface area contributed by atoms with E-state index in [9.17, 15) is 4.39 Å². The molecule has 0 radical (unpaired) electrons. The summed E-state index contributed by atoms with van der Waals surface area (Å²) in [5.41, 5.74) is 0.752. The van der Waals surface area contributed by atoms with Gasteiger partial charge in [0.05, 0.1) is 5.52 Å². The molecule has 24 heavy (non-hydrogen) atoms. The Balaban J connectivity index is 2.05. The minimum Gasteiger partial charge on any atom is -0.491 e. The average Bonchev–Trinajstić information content (AvgIpc) is 2.49. The number of fused-ring (bicyclic) bond motifs is 1. The van der Waals surface area contributed by atoms with Gasteiger partial charge in [-0.15, -0.1) is 0 Å². The number of hydrogen-bond acceptors (Lipinski definition) is 3. The van der Waals surface area contributed by atoms with Crippen molar-refractivity contribution in [1.29, 1.82) is 0 Å². The average molecular weight is 370 g/mol. The number of nitrogens with zero attached hydrogens (tertiary/aromatic N) is 1. The molecule has 3 nitrogen and oxygen atoms in total. The van der Waals surface area contributed by atoms with Gasteiger partial charge in [-0.1, -0.05) is 32.4 Å². The van der Waals surface area contributed by atoms with Crippen LogP contribution in [0.15, 0.2) is 30.3 Å². The largest absolute Gasteiger partial charge is 0.491 e. The fourth-order valence-corrected chi connectivity index (χ4v) is 3.53. The number of pyridine rings is 1. The van der Waals surface area contributed by atoms with Crippen molar-refractivity contribution in [3.63, 3.8) is 0 Å². The fraction of sp³-hybridized carbons (Fsp3) is 0.500. The van der Waals surface area contributed by atoms with Gasteiger partial charge in [-0.05, 0) is 42.4 Å². The van der Waals surface area contributed by atoms with Crippen molar-refractivity contribution in [2.24, 2.45) is 0 Å². The third-order valence-corrected chi connectivity index (χ3v) is 9.25. The van der Waals surface area contributed by atoms with Gasteiger partial charge in [0.2, 0.25) is 0 Å². The molecule has 0 N–H and O–H groups in total. The molecule has 0 saturated carbocycles. The second-order valence-corrected chi connectivity index (χ2v) is 12.6. The Morgan fingerprint density at radius 1 is 1.21 bits per heavy atom. The lowest BCUT2D eigenvalue weighted by molar-refractivity contribution is 0.0920. The molecule has 132 valence electrons. The molecule has 0 amide bonds. The van der Waals surface area contributed by atoms with E-state index in [2.05, 4.69) is 38.8 Å². The van der Waals surface area contributed by atoms with E-state index in [1.807, 2.05) is 24.3 Å². The molecule has 1 aromatic carbocycles. The van der Waals surface area contributed by atoms with Gasteiger partial charge in [0.25, 0.3) is 0 Å². The molecule has 0 aliphatic rings. The fourth-order valence-electron chi connectivity index (χ4n) is 2.05. The van der Waals surface area contributed by atoms with Crippen molar-refractivity contribution in [2.45, 2.75) is 45.0 Å². The lowest BCUT2D eigenvalue weighted by atomic mass is 10.2. The molecule has 0 spiro atoms. The lowest BCUT2D eigenvalue weighted by Crippen LogP contribution is -2.46. The van der Waals surface area contributed by atoms with Crippen molar-refractivity contribution in [3.8, 4) is 5.75 Å². The molecule has 2 rings (SSSR count). The van der Waals surface area contributed by atoms with Crippen LogP contribution in [-0.4, -0.2) is 32.7 Å². The molecule has 0 aliphatic carbocycles. The number of halogens is 2. The SMILES string of the molecule is CC(C)(C)[Si](C)(C)OC(CF)COc1ccc2ccc(Cl)nc2c1. The Labute approximate surface area is 149 Å². The second-order valence-electron chi connectivity index (χ2n) is 7.45. The summed E-state index contributed by atoms with van der Waals surface area (Å²) in [5, 5.41) is 1.44. The molecule has 0 saturated heterocycles. The summed E-state index contributed by atoms with van der Waals surface area (Å²) in [7, 11) is -2.03. The van der Waals surface area contributed by atoms with Gasteiger partial charge in [0.1, 0.15) is 30.3 Å². The standard InChI is InChI=1S/C18H25ClFNO2Si/c1-18(2,3)24(4,5)23-15(11-20)12-22-14-8-6-13-7-9-17(19)21-16(13)10-14/h6-10,15H,11-12H2,1-5H3. The first-order valence-corrected chi connectivity index (χ1v) is 11.3. The highest BCUT2D eigenvalue weighted by atomic mass is 35.5. The molecule has 0 bridgehead atoms. The zero-order valence-corrected chi connectivity index (χ0v) is 16.7. The number of aromatic nitrogens is 1. The molecule has 1 atom stereocenters. The van der Waals surface area contributed by atoms with Crippen LogP contribution in [0.1, 0.15) is 20.8 Å². The first-order valence-electron chi connectivity index (χ1n) is 8.05. The lowest BCUT2D eigenvalue weighted by Gasteiger charge is -2.38. The maximum atomic E-state index is 13.4. The molecular formula is C18H25ClFNO2Si. The predicted molar refractivity (Wildman–Crippen MR) is 100 cm³/mol. The predicted octanol–water partition coefficient (Wildman–Crippen LogP) is 5.63. The monoisotopic (exact) mass is 369 g/mol. The van der Waals surface area contributed by atoms with Gasteiger partial charge in [-0.25, -0.2) is 9.37 Å². The van der Waals surface area contributed by atoms with Gasteiger partial charge in [0, 0.05) is 11.5 Å². The summed E-state index contributed by atoms with van der Waals surface area (Å²) in [6.07, 6.45) is -0.561. The Bertz CT molecular complexity index is 703. The summed E-state index contributed by atoms with van der Waals surface area (Å²) in [4.78, 5) is 4.26. The second kappa shape index (κ2) is 7.38. The van der Waals surface area contributed by atoms with Gasteiger partial charge in [-0.2, -0.15) is 0 Å². The Morgan fingerprint density at radius 2 is 1.88 bits per heavy atom. The van der Waals surface area contributed by atoms with E-state index in [1.165, 1.54) is 0 Å². The van der Waals surface area contributed by atoms with E-state index in [-0.39, 0.29) is 11.6 Å². The van der Waals surface area contributed by atoms with E-state index in [4.69, 9.17) is 20.8 Å². The maximum Gasteiger partial charge on any atom is 0.192 e. The highest BCUT2D eigenvalue weighted by Crippen LogP contribution is 2.37. The third-order valence-electron chi connectivity index (χ3n) is 4.51. The Kier molecular flexibility index (Phi) is 5.89. The smallest absolute Gasteiger partial charge is 0.192 e. The molecular weight excluding hydrogens is 345 g/mol. The summed E-state index contributed by atoms with van der Waals surface area (Å²) < 4.78 is 25.2. The van der Waals surface area contributed by atoms with Crippen molar-refractivity contribution in [1.82, 2.24) is 4.98 Å². The highest BCUT2D eigenvalue weighted by Gasteiger charge is 2.39. The Hall–Kier alpha value is -1.17. The molecule has 1 heterocycles. The minimum atomic E-state index is -2.03. The van der Waals surface area contributed by atoms with E-state index >= 15 is 0 Å². The maximum absolute atomic E-state index is 13.4. The summed E-state index contributed by atoms with van der Waals surface area (Å²) >= 11 is 5.92. The van der Waals surface area contributed by atoms with Crippen molar-refractivity contribution in [3.05, 3.63) is 35.5 Å². The first kappa shape index (κ1) is 19.2. The van der Waals surface area contributed by atoms with Crippen LogP contribution in [0.3, 0.4) is 0 Å². The molecule has 1 unspecified atom stereocenters. The van der Waals surface area contributed by atoms with Crippen molar-refractivity contribution in [2.75, 3.05) is 13.3 Å².